The Bertz CT molecular complexity index is 718. The number of nitrogens with one attached hydrogen (secondary N) is 3. The van der Waals surface area contributed by atoms with Crippen molar-refractivity contribution in [1.29, 1.82) is 0 Å². The zero-order valence-corrected chi connectivity index (χ0v) is 14.2. The monoisotopic (exact) mass is 348 g/mol. The molecule has 24 heavy (non-hydrogen) atoms. The number of furan rings is 1. The molecule has 0 saturated carbocycles. The van der Waals surface area contributed by atoms with Crippen molar-refractivity contribution in [3.63, 3.8) is 0 Å². The van der Waals surface area contributed by atoms with Gasteiger partial charge in [-0.3, -0.25) is 9.59 Å². The SMILES string of the molecule is CC(=O)NCc1ccc(-c2csc(NC(=O)C3CCCCN3)n2)o1. The highest BCUT2D eigenvalue weighted by molar-refractivity contribution is 7.14. The maximum absolute atomic E-state index is 12.2. The number of thiazole rings is 1. The van der Waals surface area contributed by atoms with Crippen LogP contribution < -0.4 is 16.0 Å². The lowest BCUT2D eigenvalue weighted by Crippen LogP contribution is -2.43. The molecule has 1 fully saturated rings. The standard InChI is InChI=1S/C16H20N4O3S/c1-10(21)18-8-11-5-6-14(23-11)13-9-24-16(19-13)20-15(22)12-4-2-3-7-17-12/h5-6,9,12,17H,2-4,7-8H2,1H3,(H,18,21)(H,19,20,22). The topological polar surface area (TPSA) is 96.3 Å². The highest BCUT2D eigenvalue weighted by Crippen LogP contribution is 2.27. The number of amides is 2. The summed E-state index contributed by atoms with van der Waals surface area (Å²) in [7, 11) is 0. The predicted octanol–water partition coefficient (Wildman–Crippen LogP) is 2.12. The van der Waals surface area contributed by atoms with Gasteiger partial charge in [0.2, 0.25) is 11.8 Å². The number of hydrogen-bond donors (Lipinski definition) is 3. The molecule has 1 unspecified atom stereocenters. The van der Waals surface area contributed by atoms with Crippen LogP contribution in [0.2, 0.25) is 0 Å². The Morgan fingerprint density at radius 3 is 3.04 bits per heavy atom. The molecule has 0 bridgehead atoms. The number of nitrogens with zero attached hydrogens (tertiary/aromatic N) is 1. The minimum atomic E-state index is -0.140. The molecule has 128 valence electrons. The lowest BCUT2D eigenvalue weighted by molar-refractivity contribution is -0.119. The fraction of sp³-hybridized carbons (Fsp3) is 0.438. The van der Waals surface area contributed by atoms with Crippen molar-refractivity contribution in [3.05, 3.63) is 23.3 Å². The number of carbonyl (C=O) groups excluding carboxylic acids is 2. The number of rotatable bonds is 5. The van der Waals surface area contributed by atoms with Gasteiger partial charge in [-0.2, -0.15) is 0 Å². The molecule has 1 saturated heterocycles. The molecule has 3 heterocycles. The first-order chi connectivity index (χ1) is 11.6. The van der Waals surface area contributed by atoms with Crippen LogP contribution in [0.15, 0.2) is 21.9 Å². The van der Waals surface area contributed by atoms with E-state index in [2.05, 4.69) is 20.9 Å². The summed E-state index contributed by atoms with van der Waals surface area (Å²) in [5.41, 5.74) is 0.668. The number of piperidine rings is 1. The molecule has 2 aromatic rings. The van der Waals surface area contributed by atoms with Crippen molar-refractivity contribution in [2.24, 2.45) is 0 Å². The van der Waals surface area contributed by atoms with Gasteiger partial charge in [0, 0.05) is 12.3 Å². The van der Waals surface area contributed by atoms with Gasteiger partial charge in [0.15, 0.2) is 10.9 Å². The van der Waals surface area contributed by atoms with Crippen LogP contribution in [0, 0.1) is 0 Å². The summed E-state index contributed by atoms with van der Waals surface area (Å²) in [5, 5.41) is 11.1. The Labute approximate surface area is 143 Å². The highest BCUT2D eigenvalue weighted by Gasteiger charge is 2.21. The van der Waals surface area contributed by atoms with Gasteiger partial charge in [0.05, 0.1) is 12.6 Å². The third kappa shape index (κ3) is 4.21. The minimum absolute atomic E-state index is 0.0404. The Kier molecular flexibility index (Phi) is 5.27. The normalized spacial score (nSPS) is 17.5. The van der Waals surface area contributed by atoms with Gasteiger partial charge in [0.1, 0.15) is 11.5 Å². The predicted molar refractivity (Wildman–Crippen MR) is 91.6 cm³/mol. The molecule has 0 aromatic carbocycles. The van der Waals surface area contributed by atoms with E-state index in [9.17, 15) is 9.59 Å². The number of aromatic nitrogens is 1. The molecule has 7 nitrogen and oxygen atoms in total. The average molecular weight is 348 g/mol. The fourth-order valence-corrected chi connectivity index (χ4v) is 3.24. The number of anilines is 1. The van der Waals surface area contributed by atoms with Crippen LogP contribution in [0.3, 0.4) is 0 Å². The molecule has 2 amide bonds. The van der Waals surface area contributed by atoms with Gasteiger partial charge >= 0.3 is 0 Å². The van der Waals surface area contributed by atoms with Crippen molar-refractivity contribution in [2.75, 3.05) is 11.9 Å². The van der Waals surface area contributed by atoms with E-state index in [-0.39, 0.29) is 17.9 Å². The molecule has 0 radical (unpaired) electrons. The molecule has 1 aliphatic rings. The molecule has 1 aliphatic heterocycles. The molecule has 0 spiro atoms. The fourth-order valence-electron chi connectivity index (χ4n) is 2.53. The first-order valence-corrected chi connectivity index (χ1v) is 8.83. The summed E-state index contributed by atoms with van der Waals surface area (Å²) < 4.78 is 5.66. The van der Waals surface area contributed by atoms with Crippen LogP contribution >= 0.6 is 11.3 Å². The Morgan fingerprint density at radius 2 is 2.29 bits per heavy atom. The van der Waals surface area contributed by atoms with Crippen LogP contribution in [-0.2, 0) is 16.1 Å². The maximum Gasteiger partial charge on any atom is 0.243 e. The van der Waals surface area contributed by atoms with Gasteiger partial charge < -0.3 is 20.4 Å². The summed E-state index contributed by atoms with van der Waals surface area (Å²) >= 11 is 1.36. The largest absolute Gasteiger partial charge is 0.458 e. The lowest BCUT2D eigenvalue weighted by Gasteiger charge is -2.21. The lowest BCUT2D eigenvalue weighted by atomic mass is 10.0. The van der Waals surface area contributed by atoms with Crippen molar-refractivity contribution in [3.8, 4) is 11.5 Å². The third-order valence-electron chi connectivity index (χ3n) is 3.79. The van der Waals surface area contributed by atoms with Crippen molar-refractivity contribution < 1.29 is 14.0 Å². The van der Waals surface area contributed by atoms with Crippen LogP contribution in [-0.4, -0.2) is 29.4 Å². The van der Waals surface area contributed by atoms with E-state index >= 15 is 0 Å². The Morgan fingerprint density at radius 1 is 1.42 bits per heavy atom. The summed E-state index contributed by atoms with van der Waals surface area (Å²) in [5.74, 6) is 1.12. The smallest absolute Gasteiger partial charge is 0.243 e. The van der Waals surface area contributed by atoms with E-state index in [4.69, 9.17) is 4.42 Å². The molecule has 8 heteroatoms. The van der Waals surface area contributed by atoms with Gasteiger partial charge in [-0.1, -0.05) is 6.42 Å². The van der Waals surface area contributed by atoms with Crippen LogP contribution in [0.4, 0.5) is 5.13 Å². The molecule has 3 rings (SSSR count). The molecule has 2 aromatic heterocycles. The van der Waals surface area contributed by atoms with Crippen molar-refractivity contribution >= 4 is 28.3 Å². The Hall–Kier alpha value is -2.19. The number of carbonyl (C=O) groups is 2. The van der Waals surface area contributed by atoms with Crippen LogP contribution in [0.25, 0.3) is 11.5 Å². The first kappa shape index (κ1) is 16.7. The van der Waals surface area contributed by atoms with Gasteiger partial charge in [0.25, 0.3) is 0 Å². The highest BCUT2D eigenvalue weighted by atomic mass is 32.1. The second-order valence-electron chi connectivity index (χ2n) is 5.71. The van der Waals surface area contributed by atoms with Crippen LogP contribution in [0.1, 0.15) is 31.9 Å². The zero-order chi connectivity index (χ0) is 16.9. The molecular weight excluding hydrogens is 328 g/mol. The molecule has 1 atom stereocenters. The van der Waals surface area contributed by atoms with Crippen molar-refractivity contribution in [1.82, 2.24) is 15.6 Å². The summed E-state index contributed by atoms with van der Waals surface area (Å²) in [4.78, 5) is 27.5. The number of hydrogen-bond acceptors (Lipinski definition) is 6. The van der Waals surface area contributed by atoms with E-state index < -0.39 is 0 Å². The van der Waals surface area contributed by atoms with Gasteiger partial charge in [-0.25, -0.2) is 4.98 Å². The summed E-state index contributed by atoms with van der Waals surface area (Å²) in [6.07, 6.45) is 3.04. The van der Waals surface area contributed by atoms with E-state index in [0.29, 0.717) is 28.9 Å². The first-order valence-electron chi connectivity index (χ1n) is 7.95. The summed E-state index contributed by atoms with van der Waals surface area (Å²) in [6, 6.07) is 3.47. The Balaban J connectivity index is 1.60. The average Bonchev–Trinajstić information content (AvgIpc) is 3.22. The van der Waals surface area contributed by atoms with Gasteiger partial charge in [-0.15, -0.1) is 11.3 Å². The second-order valence-corrected chi connectivity index (χ2v) is 6.56. The quantitative estimate of drug-likeness (QED) is 0.769. The van der Waals surface area contributed by atoms with Crippen molar-refractivity contribution in [2.45, 2.75) is 38.8 Å². The third-order valence-corrected chi connectivity index (χ3v) is 4.54. The molecule has 0 aliphatic carbocycles. The van der Waals surface area contributed by atoms with E-state index in [1.54, 1.807) is 12.1 Å². The van der Waals surface area contributed by atoms with Gasteiger partial charge in [-0.05, 0) is 31.5 Å². The van der Waals surface area contributed by atoms with Crippen LogP contribution in [0.5, 0.6) is 0 Å². The maximum atomic E-state index is 12.2. The zero-order valence-electron chi connectivity index (χ0n) is 13.4. The molecular formula is C16H20N4O3S. The second kappa shape index (κ2) is 7.59. The van der Waals surface area contributed by atoms with E-state index in [1.165, 1.54) is 18.3 Å². The van der Waals surface area contributed by atoms with E-state index in [1.807, 2.05) is 5.38 Å². The molecule has 3 N–H and O–H groups in total. The minimum Gasteiger partial charge on any atom is -0.458 e. The summed E-state index contributed by atoms with van der Waals surface area (Å²) in [6.45, 7) is 2.68. The van der Waals surface area contributed by atoms with E-state index in [0.717, 1.165) is 25.8 Å².